The summed E-state index contributed by atoms with van der Waals surface area (Å²) in [6.45, 7) is 3.53. The second-order valence-corrected chi connectivity index (χ2v) is 5.88. The fourth-order valence-electron chi connectivity index (χ4n) is 2.79. The molecule has 2 rings (SSSR count). The molecule has 2 heterocycles. The van der Waals surface area contributed by atoms with E-state index in [2.05, 4.69) is 22.1 Å². The fraction of sp³-hybridized carbons (Fsp3) is 0.800. The molecule has 1 atom stereocenters. The van der Waals surface area contributed by atoms with Crippen LogP contribution in [0.3, 0.4) is 0 Å². The fourth-order valence-corrected chi connectivity index (χ4v) is 2.79. The number of hydrogen-bond donors (Lipinski definition) is 0. The van der Waals surface area contributed by atoms with Crippen LogP contribution >= 0.6 is 0 Å². The molecular weight excluding hydrogens is 268 g/mol. The minimum atomic E-state index is 0.150. The van der Waals surface area contributed by atoms with E-state index in [1.165, 1.54) is 19.3 Å². The van der Waals surface area contributed by atoms with Gasteiger partial charge in [-0.15, -0.1) is 0 Å². The van der Waals surface area contributed by atoms with Crippen molar-refractivity contribution in [2.45, 2.75) is 58.0 Å². The summed E-state index contributed by atoms with van der Waals surface area (Å²) < 4.78 is 5.06. The average molecular weight is 294 g/mol. The Morgan fingerprint density at radius 3 is 2.95 bits per heavy atom. The summed E-state index contributed by atoms with van der Waals surface area (Å²) in [6, 6.07) is 0.549. The Hall–Kier alpha value is -1.43. The lowest BCUT2D eigenvalue weighted by atomic mass is 9.98. The molecule has 0 N–H and O–H groups in total. The maximum absolute atomic E-state index is 12.2. The molecule has 1 fully saturated rings. The Morgan fingerprint density at radius 1 is 1.48 bits per heavy atom. The Bertz CT molecular complexity index is 460. The third-order valence-electron chi connectivity index (χ3n) is 4.23. The molecule has 1 aromatic rings. The first-order valence-corrected chi connectivity index (χ1v) is 7.85. The van der Waals surface area contributed by atoms with E-state index < -0.39 is 0 Å². The zero-order valence-electron chi connectivity index (χ0n) is 13.3. The average Bonchev–Trinajstić information content (AvgIpc) is 2.93. The van der Waals surface area contributed by atoms with Crippen LogP contribution in [0.1, 0.15) is 50.7 Å². The molecule has 0 radical (unpaired) electrons. The molecule has 6 nitrogen and oxygen atoms in total. The number of likely N-dealkylation sites (tertiary alicyclic amines) is 1. The molecule has 6 heteroatoms. The number of hydrogen-bond acceptors (Lipinski definition) is 5. The summed E-state index contributed by atoms with van der Waals surface area (Å²) in [6.07, 6.45) is 6.01. The lowest BCUT2D eigenvalue weighted by Gasteiger charge is -2.32. The van der Waals surface area contributed by atoms with Crippen LogP contribution in [0.2, 0.25) is 0 Å². The van der Waals surface area contributed by atoms with Gasteiger partial charge in [0, 0.05) is 25.9 Å². The SMILES string of the molecule is CCc1nc(CN(C)C(=O)CC[C@@H]2CCCCN2C)no1. The largest absolute Gasteiger partial charge is 0.339 e. The molecule has 1 amide bonds. The van der Waals surface area contributed by atoms with Gasteiger partial charge in [0.1, 0.15) is 0 Å². The van der Waals surface area contributed by atoms with Crippen molar-refractivity contribution in [3.05, 3.63) is 11.7 Å². The van der Waals surface area contributed by atoms with Gasteiger partial charge >= 0.3 is 0 Å². The van der Waals surface area contributed by atoms with Gasteiger partial charge in [-0.05, 0) is 32.9 Å². The highest BCUT2D eigenvalue weighted by atomic mass is 16.5. The summed E-state index contributed by atoms with van der Waals surface area (Å²) in [5.74, 6) is 1.35. The molecule has 0 aliphatic carbocycles. The third kappa shape index (κ3) is 4.52. The number of piperidine rings is 1. The van der Waals surface area contributed by atoms with Gasteiger partial charge in [0.25, 0.3) is 0 Å². The second kappa shape index (κ2) is 7.54. The molecule has 1 aromatic heterocycles. The van der Waals surface area contributed by atoms with Crippen LogP contribution in [0.4, 0.5) is 0 Å². The van der Waals surface area contributed by atoms with E-state index in [9.17, 15) is 4.79 Å². The van der Waals surface area contributed by atoms with Crippen LogP contribution in [0.25, 0.3) is 0 Å². The molecule has 1 aliphatic rings. The first-order valence-electron chi connectivity index (χ1n) is 7.85. The van der Waals surface area contributed by atoms with Gasteiger partial charge in [0.15, 0.2) is 5.82 Å². The van der Waals surface area contributed by atoms with E-state index in [0.717, 1.165) is 19.4 Å². The van der Waals surface area contributed by atoms with Gasteiger partial charge in [-0.3, -0.25) is 4.79 Å². The standard InChI is InChI=1S/C15H26N4O2/c1-4-14-16-13(17-21-14)11-19(3)15(20)9-8-12-7-5-6-10-18(12)2/h12H,4-11H2,1-3H3/t12-/m0/s1. The molecule has 0 bridgehead atoms. The van der Waals surface area contributed by atoms with Crippen molar-refractivity contribution in [2.75, 3.05) is 20.6 Å². The van der Waals surface area contributed by atoms with Crippen LogP contribution in [0.15, 0.2) is 4.52 Å². The van der Waals surface area contributed by atoms with Gasteiger partial charge in [0.05, 0.1) is 6.54 Å². The third-order valence-corrected chi connectivity index (χ3v) is 4.23. The zero-order valence-corrected chi connectivity index (χ0v) is 13.3. The molecule has 0 saturated carbocycles. The van der Waals surface area contributed by atoms with Crippen molar-refractivity contribution in [1.82, 2.24) is 19.9 Å². The molecule has 1 aliphatic heterocycles. The number of aryl methyl sites for hydroxylation is 1. The van der Waals surface area contributed by atoms with Crippen LogP contribution < -0.4 is 0 Å². The summed E-state index contributed by atoms with van der Waals surface area (Å²) in [7, 11) is 3.96. The normalized spacial score (nSPS) is 19.7. The minimum absolute atomic E-state index is 0.150. The number of amides is 1. The zero-order chi connectivity index (χ0) is 15.2. The molecule has 1 saturated heterocycles. The predicted octanol–water partition coefficient (Wildman–Crippen LogP) is 1.85. The first-order chi connectivity index (χ1) is 10.1. The Morgan fingerprint density at radius 2 is 2.29 bits per heavy atom. The van der Waals surface area contributed by atoms with Gasteiger partial charge in [-0.2, -0.15) is 4.98 Å². The first kappa shape index (κ1) is 15.9. The van der Waals surface area contributed by atoms with Crippen LogP contribution in [-0.2, 0) is 17.8 Å². The smallest absolute Gasteiger partial charge is 0.226 e. The van der Waals surface area contributed by atoms with E-state index in [-0.39, 0.29) is 5.91 Å². The number of rotatable bonds is 6. The molecule has 0 unspecified atom stereocenters. The minimum Gasteiger partial charge on any atom is -0.339 e. The maximum atomic E-state index is 12.2. The highest BCUT2D eigenvalue weighted by Crippen LogP contribution is 2.19. The molecular formula is C15H26N4O2. The van der Waals surface area contributed by atoms with Crippen molar-refractivity contribution >= 4 is 5.91 Å². The van der Waals surface area contributed by atoms with Crippen molar-refractivity contribution in [1.29, 1.82) is 0 Å². The highest BCUT2D eigenvalue weighted by Gasteiger charge is 2.21. The molecule has 118 valence electrons. The quantitative estimate of drug-likeness (QED) is 0.801. The Labute approximate surface area is 126 Å². The highest BCUT2D eigenvalue weighted by molar-refractivity contribution is 5.75. The molecule has 0 spiro atoms. The second-order valence-electron chi connectivity index (χ2n) is 5.88. The molecule has 0 aromatic carbocycles. The number of carbonyl (C=O) groups is 1. The van der Waals surface area contributed by atoms with Crippen molar-refractivity contribution in [2.24, 2.45) is 0 Å². The van der Waals surface area contributed by atoms with Crippen molar-refractivity contribution in [3.63, 3.8) is 0 Å². The van der Waals surface area contributed by atoms with Crippen LogP contribution in [0.5, 0.6) is 0 Å². The van der Waals surface area contributed by atoms with Crippen LogP contribution in [0, 0.1) is 0 Å². The van der Waals surface area contributed by atoms with E-state index in [1.807, 2.05) is 6.92 Å². The Balaban J connectivity index is 1.76. The van der Waals surface area contributed by atoms with Crippen LogP contribution in [-0.4, -0.2) is 52.5 Å². The van der Waals surface area contributed by atoms with Gasteiger partial charge in [-0.1, -0.05) is 18.5 Å². The lowest BCUT2D eigenvalue weighted by molar-refractivity contribution is -0.131. The topological polar surface area (TPSA) is 62.5 Å². The van der Waals surface area contributed by atoms with Gasteiger partial charge in [0.2, 0.25) is 11.8 Å². The number of carbonyl (C=O) groups excluding carboxylic acids is 1. The number of aromatic nitrogens is 2. The summed E-state index contributed by atoms with van der Waals surface area (Å²) in [4.78, 5) is 20.5. The number of nitrogens with zero attached hydrogens (tertiary/aromatic N) is 4. The van der Waals surface area contributed by atoms with Crippen molar-refractivity contribution < 1.29 is 9.32 Å². The van der Waals surface area contributed by atoms with E-state index in [0.29, 0.717) is 30.7 Å². The Kier molecular flexibility index (Phi) is 5.73. The monoisotopic (exact) mass is 294 g/mol. The summed E-state index contributed by atoms with van der Waals surface area (Å²) in [5.41, 5.74) is 0. The van der Waals surface area contributed by atoms with Crippen molar-refractivity contribution in [3.8, 4) is 0 Å². The summed E-state index contributed by atoms with van der Waals surface area (Å²) >= 11 is 0. The van der Waals surface area contributed by atoms with E-state index in [4.69, 9.17) is 4.52 Å². The van der Waals surface area contributed by atoms with E-state index in [1.54, 1.807) is 11.9 Å². The van der Waals surface area contributed by atoms with Gasteiger partial charge in [-0.25, -0.2) is 0 Å². The maximum Gasteiger partial charge on any atom is 0.226 e. The van der Waals surface area contributed by atoms with Gasteiger partial charge < -0.3 is 14.3 Å². The molecule has 21 heavy (non-hydrogen) atoms. The summed E-state index contributed by atoms with van der Waals surface area (Å²) in [5, 5.41) is 3.88. The lowest BCUT2D eigenvalue weighted by Crippen LogP contribution is -2.37. The van der Waals surface area contributed by atoms with E-state index >= 15 is 0 Å². The predicted molar refractivity (Wildman–Crippen MR) is 79.7 cm³/mol.